The van der Waals surface area contributed by atoms with Crippen molar-refractivity contribution in [2.75, 3.05) is 37.0 Å². The first kappa shape index (κ1) is 58.3. The molecule has 0 radical (unpaired) electrons. The van der Waals surface area contributed by atoms with Crippen LogP contribution in [0.2, 0.25) is 0 Å². The molecule has 0 spiro atoms. The Balaban J connectivity index is -0.000000194. The molecule has 2 nitrogen and oxygen atoms in total. The minimum atomic E-state index is -6.00. The molecule has 0 saturated carbocycles. The van der Waals surface area contributed by atoms with Crippen LogP contribution in [0.25, 0.3) is 0 Å². The average Bonchev–Trinajstić information content (AvgIpc) is 2.81. The van der Waals surface area contributed by atoms with E-state index in [2.05, 4.69) is 55.4 Å². The van der Waals surface area contributed by atoms with Gasteiger partial charge in [0.1, 0.15) is 0 Å². The normalized spacial score (nSPS) is 10.9. The molecule has 0 aliphatic carbocycles. The summed E-state index contributed by atoms with van der Waals surface area (Å²) in [5, 5.41) is 14.6. The molecular formula is C31H64B2F8N2P2Pd. The van der Waals surface area contributed by atoms with Gasteiger partial charge in [-0.05, 0) is 92.7 Å². The topological polar surface area (TPSA) is 47.6 Å². The first-order valence-corrected chi connectivity index (χ1v) is 20.1. The van der Waals surface area contributed by atoms with Gasteiger partial charge in [-0.2, -0.15) is 10.5 Å². The fourth-order valence-electron chi connectivity index (χ4n) is 4.08. The minimum absolute atomic E-state index is 0. The van der Waals surface area contributed by atoms with Crippen LogP contribution in [0, 0.1) is 46.3 Å². The molecule has 0 N–H and O–H groups in total. The first-order chi connectivity index (χ1) is 20.5. The Morgan fingerprint density at radius 2 is 0.565 bits per heavy atom. The zero-order chi connectivity index (χ0) is 36.5. The first-order valence-electron chi connectivity index (χ1n) is 16.3. The van der Waals surface area contributed by atoms with Gasteiger partial charge in [0.05, 0.1) is 12.1 Å². The molecule has 0 saturated heterocycles. The summed E-state index contributed by atoms with van der Waals surface area (Å²) >= 11 is 0. The average molecular weight is 807 g/mol. The van der Waals surface area contributed by atoms with Crippen molar-refractivity contribution in [3.8, 4) is 12.1 Å². The van der Waals surface area contributed by atoms with E-state index in [0.29, 0.717) is 15.8 Å². The molecule has 280 valence electrons. The summed E-state index contributed by atoms with van der Waals surface area (Å²) in [5.41, 5.74) is 0. The van der Waals surface area contributed by atoms with Gasteiger partial charge in [-0.25, -0.2) is 0 Å². The van der Waals surface area contributed by atoms with E-state index >= 15 is 0 Å². The summed E-state index contributed by atoms with van der Waals surface area (Å²) in [4.78, 5) is 0. The van der Waals surface area contributed by atoms with E-state index in [-0.39, 0.29) is 20.4 Å². The molecule has 0 aromatic heterocycles. The van der Waals surface area contributed by atoms with Crippen LogP contribution < -0.4 is 0 Å². The zero-order valence-electron chi connectivity index (χ0n) is 30.2. The molecule has 0 aromatic rings. The van der Waals surface area contributed by atoms with E-state index in [1.807, 2.05) is 0 Å². The Labute approximate surface area is 294 Å². The van der Waals surface area contributed by atoms with E-state index in [1.165, 1.54) is 65.2 Å². The number of hydrogen-bond acceptors (Lipinski definition) is 2. The minimum Gasteiger partial charge on any atom is -0.418 e. The van der Waals surface area contributed by atoms with E-state index in [9.17, 15) is 34.5 Å². The fourth-order valence-corrected chi connectivity index (χ4v) is 9.40. The molecule has 0 heterocycles. The van der Waals surface area contributed by atoms with Crippen LogP contribution in [0.1, 0.15) is 127 Å². The standard InChI is InChI=1S/C27H58P2.2C2H3N.2BF4.Pd/c1-24(2)14-9-18-28(19-10-15-25(3)4)22-13-23-29(20-11-16-26(5)6)21-12-17-27(7)8;2*1-2-3;2*2-1(3,4)5;/h24-27H,9-23H2,1-8H3;2*1H3;;;/q;;;2*-1;+2. The second-order valence-corrected chi connectivity index (χ2v) is 18.0. The van der Waals surface area contributed by atoms with Crippen LogP contribution in [0.15, 0.2) is 0 Å². The largest absolute Gasteiger partial charge is 2.00 e. The van der Waals surface area contributed by atoms with Crippen molar-refractivity contribution in [2.24, 2.45) is 23.7 Å². The molecule has 15 heteroatoms. The molecule has 0 aromatic carbocycles. The summed E-state index contributed by atoms with van der Waals surface area (Å²) in [7, 11) is -11.4. The van der Waals surface area contributed by atoms with Crippen LogP contribution in [0.5, 0.6) is 0 Å². The molecule has 0 bridgehead atoms. The van der Waals surface area contributed by atoms with Crippen LogP contribution in [0.4, 0.5) is 34.5 Å². The SMILES string of the molecule is CC#N.CC#N.CC(C)CCCP(CCCC(C)C)CCCP(CCCC(C)C)CCCC(C)C.F[B-](F)(F)F.F[B-](F)(F)F.[Pd+2]. The van der Waals surface area contributed by atoms with Gasteiger partial charge in [-0.15, -0.1) is 15.8 Å². The van der Waals surface area contributed by atoms with Crippen molar-refractivity contribution in [3.63, 3.8) is 0 Å². The number of nitrogens with zero attached hydrogens (tertiary/aromatic N) is 2. The van der Waals surface area contributed by atoms with E-state index in [0.717, 1.165) is 23.7 Å². The van der Waals surface area contributed by atoms with Gasteiger partial charge < -0.3 is 34.5 Å². The Bertz CT molecular complexity index is 593. The van der Waals surface area contributed by atoms with E-state index in [4.69, 9.17) is 10.5 Å². The van der Waals surface area contributed by atoms with Crippen molar-refractivity contribution < 1.29 is 54.9 Å². The summed E-state index contributed by atoms with van der Waals surface area (Å²) in [6, 6.07) is 3.50. The third-order valence-electron chi connectivity index (χ3n) is 5.97. The van der Waals surface area contributed by atoms with E-state index in [1.54, 1.807) is 55.5 Å². The van der Waals surface area contributed by atoms with Gasteiger partial charge in [0, 0.05) is 13.8 Å². The number of nitriles is 2. The van der Waals surface area contributed by atoms with Gasteiger partial charge in [0.25, 0.3) is 0 Å². The van der Waals surface area contributed by atoms with Crippen molar-refractivity contribution in [3.05, 3.63) is 0 Å². The van der Waals surface area contributed by atoms with Gasteiger partial charge in [0.15, 0.2) is 0 Å². The van der Waals surface area contributed by atoms with E-state index < -0.39 is 14.5 Å². The second-order valence-electron chi connectivity index (χ2n) is 12.6. The third kappa shape index (κ3) is 90.4. The predicted octanol–water partition coefficient (Wildman–Crippen LogP) is 13.7. The van der Waals surface area contributed by atoms with Crippen LogP contribution in [-0.4, -0.2) is 51.5 Å². The maximum absolute atomic E-state index is 9.75. The molecular weight excluding hydrogens is 742 g/mol. The van der Waals surface area contributed by atoms with Crippen LogP contribution in [0.3, 0.4) is 0 Å². The predicted molar refractivity (Wildman–Crippen MR) is 187 cm³/mol. The molecule has 0 atom stereocenters. The molecule has 0 rings (SSSR count). The summed E-state index contributed by atoms with van der Waals surface area (Å²) in [6.07, 6.45) is 22.7. The molecule has 0 aliphatic heterocycles. The summed E-state index contributed by atoms with van der Waals surface area (Å²) < 4.78 is 78.0. The maximum Gasteiger partial charge on any atom is 2.00 e. The molecule has 0 aliphatic rings. The third-order valence-corrected chi connectivity index (χ3v) is 11.7. The summed E-state index contributed by atoms with van der Waals surface area (Å²) in [5.74, 6) is 3.55. The van der Waals surface area contributed by atoms with Crippen LogP contribution >= 0.6 is 15.8 Å². The molecule has 0 amide bonds. The van der Waals surface area contributed by atoms with Crippen molar-refractivity contribution in [2.45, 2.75) is 127 Å². The number of hydrogen-bond donors (Lipinski definition) is 0. The Morgan fingerprint density at radius 1 is 0.435 bits per heavy atom. The Kier molecular flexibility index (Phi) is 50.1. The Morgan fingerprint density at radius 3 is 0.696 bits per heavy atom. The van der Waals surface area contributed by atoms with Crippen LogP contribution in [-0.2, 0) is 20.4 Å². The quantitative estimate of drug-likeness (QED) is 0.0699. The smallest absolute Gasteiger partial charge is 0.418 e. The summed E-state index contributed by atoms with van der Waals surface area (Å²) in [6.45, 7) is 22.0. The van der Waals surface area contributed by atoms with Gasteiger partial charge in [-0.3, -0.25) is 0 Å². The number of halogens is 8. The van der Waals surface area contributed by atoms with Gasteiger partial charge in [0.2, 0.25) is 0 Å². The molecule has 46 heavy (non-hydrogen) atoms. The van der Waals surface area contributed by atoms with Gasteiger partial charge >= 0.3 is 34.9 Å². The second kappa shape index (κ2) is 39.5. The molecule has 0 fully saturated rings. The number of rotatable bonds is 20. The van der Waals surface area contributed by atoms with Crippen molar-refractivity contribution in [1.29, 1.82) is 10.5 Å². The zero-order valence-corrected chi connectivity index (χ0v) is 33.5. The van der Waals surface area contributed by atoms with Crippen molar-refractivity contribution >= 4 is 30.4 Å². The molecule has 0 unspecified atom stereocenters. The fraction of sp³-hybridized carbons (Fsp3) is 0.935. The monoisotopic (exact) mass is 806 g/mol. The van der Waals surface area contributed by atoms with Gasteiger partial charge in [-0.1, -0.05) is 81.1 Å². The maximum atomic E-state index is 9.75. The Hall–Kier alpha value is 0.0722. The van der Waals surface area contributed by atoms with Crippen molar-refractivity contribution in [1.82, 2.24) is 0 Å².